The average Bonchev–Trinajstić information content (AvgIpc) is 1.61. The van der Waals surface area contributed by atoms with E-state index in [0.717, 1.165) is 11.1 Å². The molecule has 8 aromatic heterocycles. The van der Waals surface area contributed by atoms with Crippen LogP contribution in [-0.2, 0) is 81.5 Å². The van der Waals surface area contributed by atoms with Gasteiger partial charge in [0.1, 0.15) is 34.9 Å². The molecule has 2 aromatic carbocycles. The maximum Gasteiger partial charge on any atom is 0.307 e. The number of hydrogen-bond donors (Lipinski definition) is 10. The zero-order valence-corrected chi connectivity index (χ0v) is 54.9. The summed E-state index contributed by atoms with van der Waals surface area (Å²) in [6.45, 7) is 2.54. The van der Waals surface area contributed by atoms with Crippen LogP contribution in [0.4, 0.5) is 34.4 Å². The first kappa shape index (κ1) is 68.0. The Balaban J connectivity index is 0.642. The molecule has 0 saturated heterocycles. The number of carbonyl (C=O) groups excluding carboxylic acids is 10. The summed E-state index contributed by atoms with van der Waals surface area (Å²) < 4.78 is 21.8. The number of fused-ring (bicyclic) bond motifs is 1. The van der Waals surface area contributed by atoms with Gasteiger partial charge in [0.15, 0.2) is 34.9 Å². The van der Waals surface area contributed by atoms with Crippen LogP contribution in [0.5, 0.6) is 5.75 Å². The van der Waals surface area contributed by atoms with E-state index < -0.39 is 53.2 Å². The Bertz CT molecular complexity index is 4740. The lowest BCUT2D eigenvalue weighted by atomic mass is 10.1. The molecule has 10 N–H and O–H groups in total. The number of aryl methyl sites for hydroxylation is 7. The third-order valence-corrected chi connectivity index (χ3v) is 15.4. The highest BCUT2D eigenvalue weighted by molar-refractivity contribution is 6.11. The summed E-state index contributed by atoms with van der Waals surface area (Å²) >= 11 is 0. The smallest absolute Gasteiger partial charge is 0.307 e. The van der Waals surface area contributed by atoms with Gasteiger partial charge in [-0.1, -0.05) is 24.3 Å². The number of hydrogen-bond acceptors (Lipinski definition) is 16. The Hall–Kier alpha value is -12.8. The molecule has 0 fully saturated rings. The van der Waals surface area contributed by atoms with Crippen LogP contribution in [0.1, 0.15) is 111 Å². The predicted octanol–water partition coefficient (Wildman–Crippen LogP) is 4.75. The summed E-state index contributed by atoms with van der Waals surface area (Å²) in [6, 6.07) is 16.3. The molecule has 0 aliphatic heterocycles. The van der Waals surface area contributed by atoms with Gasteiger partial charge >= 0.3 is 5.97 Å². The van der Waals surface area contributed by atoms with Crippen molar-refractivity contribution in [2.75, 3.05) is 58.6 Å². The molecule has 508 valence electrons. The Kier molecular flexibility index (Phi) is 20.6. The summed E-state index contributed by atoms with van der Waals surface area (Å²) in [7, 11) is 12.9. The molecule has 10 aromatic rings. The molecular formula is C65H71N21O12. The van der Waals surface area contributed by atoms with Crippen molar-refractivity contribution in [3.63, 3.8) is 0 Å². The Labute approximate surface area is 558 Å². The number of amides is 9. The number of imidazole rings is 4. The SMILES string of the molecule is CCNC(=O)Cc1ccc(COC(=O)CCNC(=O)c2cc(NC(=O)c3cc(NC(=O)c4cc(NC(=O)c5nc(NC(=O)CCCNC(=O)c6cc(NC(=O)c7ccc8nc(-c9nc(NC(=O)c%10nccn%10C)cn9C)[nH]c8c7OC)cn6C)cn5C)cn4C)cn3C)cn2C)cc1. The molecule has 0 saturated carbocycles. The summed E-state index contributed by atoms with van der Waals surface area (Å²) in [4.78, 5) is 151. The fourth-order valence-corrected chi connectivity index (χ4v) is 10.6. The van der Waals surface area contributed by atoms with Gasteiger partial charge in [-0.25, -0.2) is 19.9 Å². The zero-order chi connectivity index (χ0) is 70.1. The maximum atomic E-state index is 13.7. The number of nitrogens with one attached hydrogen (secondary N) is 10. The van der Waals surface area contributed by atoms with Crippen molar-refractivity contribution in [2.24, 2.45) is 49.3 Å². The van der Waals surface area contributed by atoms with Crippen molar-refractivity contribution in [1.29, 1.82) is 0 Å². The molecular weight excluding hydrogens is 1270 g/mol. The van der Waals surface area contributed by atoms with E-state index in [9.17, 15) is 47.9 Å². The Morgan fingerprint density at radius 2 is 1.02 bits per heavy atom. The summed E-state index contributed by atoms with van der Waals surface area (Å²) in [5, 5.41) is 24.7. The highest BCUT2D eigenvalue weighted by Gasteiger charge is 2.25. The van der Waals surface area contributed by atoms with Gasteiger partial charge in [-0.2, -0.15) is 0 Å². The highest BCUT2D eigenvalue weighted by atomic mass is 16.5. The quantitative estimate of drug-likeness (QED) is 0.0245. The van der Waals surface area contributed by atoms with Crippen molar-refractivity contribution >= 4 is 105 Å². The molecule has 0 atom stereocenters. The number of aromatic amines is 1. The molecule has 0 spiro atoms. The molecule has 0 bridgehead atoms. The lowest BCUT2D eigenvalue weighted by Gasteiger charge is -2.09. The number of anilines is 6. The number of H-pyrrole nitrogens is 1. The second-order valence-corrected chi connectivity index (χ2v) is 22.8. The van der Waals surface area contributed by atoms with E-state index in [2.05, 4.69) is 72.8 Å². The van der Waals surface area contributed by atoms with Gasteiger partial charge in [0.25, 0.3) is 41.4 Å². The number of carbonyl (C=O) groups is 10. The minimum Gasteiger partial charge on any atom is -0.494 e. The zero-order valence-electron chi connectivity index (χ0n) is 54.9. The van der Waals surface area contributed by atoms with E-state index in [1.807, 2.05) is 6.92 Å². The van der Waals surface area contributed by atoms with E-state index in [1.165, 1.54) is 68.2 Å². The second-order valence-electron chi connectivity index (χ2n) is 22.8. The molecule has 0 aliphatic carbocycles. The van der Waals surface area contributed by atoms with Crippen LogP contribution in [0.15, 0.2) is 110 Å². The summed E-state index contributed by atoms with van der Waals surface area (Å²) in [5.41, 5.74) is 4.62. The number of benzene rings is 2. The number of esters is 1. The third kappa shape index (κ3) is 16.0. The lowest BCUT2D eigenvalue weighted by Crippen LogP contribution is -2.28. The molecule has 10 rings (SSSR count). The molecule has 98 heavy (non-hydrogen) atoms. The van der Waals surface area contributed by atoms with Gasteiger partial charge in [0.05, 0.1) is 53.8 Å². The van der Waals surface area contributed by atoms with Gasteiger partial charge in [0, 0.05) is 125 Å². The van der Waals surface area contributed by atoms with E-state index >= 15 is 0 Å². The normalized spacial score (nSPS) is 11.0. The largest absolute Gasteiger partial charge is 0.494 e. The third-order valence-electron chi connectivity index (χ3n) is 15.4. The monoisotopic (exact) mass is 1340 g/mol. The highest BCUT2D eigenvalue weighted by Crippen LogP contribution is 2.32. The molecule has 33 heteroatoms. The molecule has 0 unspecified atom stereocenters. The predicted molar refractivity (Wildman–Crippen MR) is 358 cm³/mol. The van der Waals surface area contributed by atoms with Crippen molar-refractivity contribution < 1.29 is 57.4 Å². The van der Waals surface area contributed by atoms with Crippen LogP contribution >= 0.6 is 0 Å². The van der Waals surface area contributed by atoms with E-state index in [0.29, 0.717) is 40.6 Å². The summed E-state index contributed by atoms with van der Waals surface area (Å²) in [5.74, 6) is -3.19. The number of rotatable bonds is 27. The summed E-state index contributed by atoms with van der Waals surface area (Å²) in [6.07, 6.45) is 12.8. The molecule has 9 amide bonds. The second kappa shape index (κ2) is 29.6. The number of likely N-dealkylation sites (N-methyl/N-ethyl adjacent to an activating group) is 1. The van der Waals surface area contributed by atoms with Crippen molar-refractivity contribution in [1.82, 2.24) is 72.8 Å². The van der Waals surface area contributed by atoms with Crippen molar-refractivity contribution in [3.8, 4) is 17.4 Å². The van der Waals surface area contributed by atoms with Crippen LogP contribution in [0.3, 0.4) is 0 Å². The molecule has 0 radical (unpaired) electrons. The van der Waals surface area contributed by atoms with Crippen LogP contribution in [0.25, 0.3) is 22.7 Å². The number of aromatic nitrogens is 12. The standard InChI is InChI=1S/C65H71N21O12/c1-10-66-51(88)24-36-13-15-37(16-14-36)35-98-52(89)19-21-69-61(92)45-26-39(30-82(45)4)71-62(93)46-27-40(31-83(46)5)72-63(94)47-28-41(32-84(47)6)73-65(96)58-77-48(33-86(58)8)75-50(87)12-11-20-68-60(91)44-25-38(29-81(44)3)70-59(90)42-17-18-43-53(54(42)97-9)79-55(74-43)56-76-49(34-85(56)7)78-64(95)57-67-22-23-80(57)2/h13-18,22-23,25-34H,10-12,19-21,24,35H2,1-9H3,(H,66,88)(H,68,91)(H,69,92)(H,70,90)(H,71,93)(H,72,94)(H,73,96)(H,74,79)(H,75,87)(H,78,95). The first-order valence-corrected chi connectivity index (χ1v) is 30.6. The average molecular weight is 1340 g/mol. The first-order chi connectivity index (χ1) is 46.9. The minimum absolute atomic E-state index is 0.000840. The molecule has 0 aliphatic rings. The topological polar surface area (TPSA) is 399 Å². The fraction of sp³-hybridized carbons (Fsp3) is 0.262. The Morgan fingerprint density at radius 1 is 0.490 bits per heavy atom. The van der Waals surface area contributed by atoms with Crippen LogP contribution in [-0.4, -0.2) is 143 Å². The number of ether oxygens (including phenoxy) is 2. The van der Waals surface area contributed by atoms with Crippen LogP contribution < -0.4 is 52.6 Å². The lowest BCUT2D eigenvalue weighted by molar-refractivity contribution is -0.144. The number of methoxy groups -OCH3 is 1. The van der Waals surface area contributed by atoms with Gasteiger partial charge in [-0.15, -0.1) is 0 Å². The molecule has 33 nitrogen and oxygen atoms in total. The van der Waals surface area contributed by atoms with Crippen molar-refractivity contribution in [3.05, 3.63) is 161 Å². The first-order valence-electron chi connectivity index (χ1n) is 30.6. The minimum atomic E-state index is -0.639. The van der Waals surface area contributed by atoms with E-state index in [-0.39, 0.29) is 120 Å². The Morgan fingerprint density at radius 3 is 1.59 bits per heavy atom. The van der Waals surface area contributed by atoms with Gasteiger partial charge < -0.3 is 94.3 Å². The van der Waals surface area contributed by atoms with Gasteiger partial charge in [0.2, 0.25) is 17.6 Å². The van der Waals surface area contributed by atoms with Crippen molar-refractivity contribution in [2.45, 2.75) is 39.2 Å². The van der Waals surface area contributed by atoms with Gasteiger partial charge in [-0.3, -0.25) is 47.9 Å². The van der Waals surface area contributed by atoms with Crippen LogP contribution in [0.2, 0.25) is 0 Å². The van der Waals surface area contributed by atoms with Crippen LogP contribution in [0, 0.1) is 0 Å². The maximum absolute atomic E-state index is 13.7. The number of nitrogens with zero attached hydrogens (tertiary/aromatic N) is 11. The van der Waals surface area contributed by atoms with E-state index in [4.69, 9.17) is 9.47 Å². The fourth-order valence-electron chi connectivity index (χ4n) is 10.6. The molecule has 8 heterocycles. The van der Waals surface area contributed by atoms with Gasteiger partial charge in [-0.05, 0) is 60.9 Å². The van der Waals surface area contributed by atoms with E-state index in [1.54, 1.807) is 130 Å².